The molecule has 0 atom stereocenters. The zero-order chi connectivity index (χ0) is 20.3. The quantitative estimate of drug-likeness (QED) is 0.605. The van der Waals surface area contributed by atoms with Crippen LogP contribution in [0.5, 0.6) is 11.5 Å². The molecule has 1 heterocycles. The SMILES string of the molecule is COc1cc(CNCC(C)C)ccc1OCc1ccc2c(c1)n(C)c(=O)n2C.Cl. The maximum atomic E-state index is 12.1. The van der Waals surface area contributed by atoms with E-state index in [-0.39, 0.29) is 18.1 Å². The van der Waals surface area contributed by atoms with Gasteiger partial charge in [-0.2, -0.15) is 0 Å². The molecule has 3 aromatic rings. The van der Waals surface area contributed by atoms with Gasteiger partial charge < -0.3 is 14.8 Å². The van der Waals surface area contributed by atoms with Crippen molar-refractivity contribution in [3.05, 3.63) is 58.0 Å². The number of nitrogens with zero attached hydrogens (tertiary/aromatic N) is 2. The van der Waals surface area contributed by atoms with E-state index in [1.807, 2.05) is 30.3 Å². The fourth-order valence-corrected chi connectivity index (χ4v) is 3.25. The Balaban J connectivity index is 0.00000300. The van der Waals surface area contributed by atoms with Crippen LogP contribution in [0.3, 0.4) is 0 Å². The van der Waals surface area contributed by atoms with Crippen LogP contribution < -0.4 is 20.5 Å². The summed E-state index contributed by atoms with van der Waals surface area (Å²) in [5.41, 5.74) is 3.93. The number of aryl methyl sites for hydroxylation is 2. The molecular formula is C22H30ClN3O3. The van der Waals surface area contributed by atoms with Gasteiger partial charge in [0.25, 0.3) is 0 Å². The van der Waals surface area contributed by atoms with Crippen LogP contribution in [0.25, 0.3) is 11.0 Å². The van der Waals surface area contributed by atoms with Crippen molar-refractivity contribution < 1.29 is 9.47 Å². The van der Waals surface area contributed by atoms with Gasteiger partial charge in [-0.1, -0.05) is 26.0 Å². The summed E-state index contributed by atoms with van der Waals surface area (Å²) in [6, 6.07) is 11.9. The molecule has 0 radical (unpaired) electrons. The van der Waals surface area contributed by atoms with E-state index in [9.17, 15) is 4.79 Å². The van der Waals surface area contributed by atoms with Crippen molar-refractivity contribution in [2.45, 2.75) is 27.0 Å². The summed E-state index contributed by atoms with van der Waals surface area (Å²) in [6.07, 6.45) is 0. The van der Waals surface area contributed by atoms with Crippen molar-refractivity contribution in [1.82, 2.24) is 14.5 Å². The van der Waals surface area contributed by atoms with Crippen LogP contribution in [0.1, 0.15) is 25.0 Å². The molecule has 1 aromatic heterocycles. The minimum atomic E-state index is -0.0311. The molecule has 29 heavy (non-hydrogen) atoms. The summed E-state index contributed by atoms with van der Waals surface area (Å²) in [4.78, 5) is 12.1. The van der Waals surface area contributed by atoms with Gasteiger partial charge in [0.05, 0.1) is 18.1 Å². The molecule has 1 N–H and O–H groups in total. The van der Waals surface area contributed by atoms with E-state index in [1.165, 1.54) is 0 Å². The average molecular weight is 420 g/mol. The van der Waals surface area contributed by atoms with Crippen LogP contribution in [0.15, 0.2) is 41.2 Å². The van der Waals surface area contributed by atoms with Crippen molar-refractivity contribution in [3.63, 3.8) is 0 Å². The van der Waals surface area contributed by atoms with Crippen molar-refractivity contribution in [1.29, 1.82) is 0 Å². The Hall–Kier alpha value is -2.44. The molecule has 158 valence electrons. The first kappa shape index (κ1) is 22.8. The predicted molar refractivity (Wildman–Crippen MR) is 119 cm³/mol. The summed E-state index contributed by atoms with van der Waals surface area (Å²) in [7, 11) is 5.22. The first-order valence-electron chi connectivity index (χ1n) is 9.55. The van der Waals surface area contributed by atoms with Gasteiger partial charge in [0, 0.05) is 20.6 Å². The lowest BCUT2D eigenvalue weighted by atomic mass is 10.1. The molecule has 0 unspecified atom stereocenters. The lowest BCUT2D eigenvalue weighted by Crippen LogP contribution is -2.19. The second kappa shape index (κ2) is 9.85. The monoisotopic (exact) mass is 419 g/mol. The Morgan fingerprint density at radius 1 is 0.966 bits per heavy atom. The molecule has 0 saturated heterocycles. The molecule has 6 nitrogen and oxygen atoms in total. The van der Waals surface area contributed by atoms with Crippen molar-refractivity contribution >= 4 is 23.4 Å². The molecule has 0 saturated carbocycles. The topological polar surface area (TPSA) is 57.4 Å². The molecule has 0 bridgehead atoms. The standard InChI is InChI=1S/C22H29N3O3.ClH/c1-15(2)12-23-13-16-7-9-20(21(11-16)27-5)28-14-17-6-8-18-19(10-17)25(4)22(26)24(18)3;/h6-11,15,23H,12-14H2,1-5H3;1H. The lowest BCUT2D eigenvalue weighted by Gasteiger charge is -2.13. The number of hydrogen-bond donors (Lipinski definition) is 1. The highest BCUT2D eigenvalue weighted by atomic mass is 35.5. The van der Waals surface area contributed by atoms with E-state index >= 15 is 0 Å². The number of aromatic nitrogens is 2. The highest BCUT2D eigenvalue weighted by molar-refractivity contribution is 5.85. The van der Waals surface area contributed by atoms with Crippen LogP contribution in [0.4, 0.5) is 0 Å². The lowest BCUT2D eigenvalue weighted by molar-refractivity contribution is 0.284. The Labute approximate surface area is 177 Å². The normalized spacial score (nSPS) is 11.0. The maximum absolute atomic E-state index is 12.1. The Bertz CT molecular complexity index is 1020. The van der Waals surface area contributed by atoms with E-state index in [0.29, 0.717) is 18.3 Å². The van der Waals surface area contributed by atoms with Crippen LogP contribution in [-0.4, -0.2) is 22.8 Å². The predicted octanol–water partition coefficient (Wildman–Crippen LogP) is 3.63. The zero-order valence-electron chi connectivity index (χ0n) is 17.7. The second-order valence-electron chi connectivity index (χ2n) is 7.52. The minimum Gasteiger partial charge on any atom is -0.493 e. The largest absolute Gasteiger partial charge is 0.493 e. The highest BCUT2D eigenvalue weighted by Gasteiger charge is 2.10. The van der Waals surface area contributed by atoms with Gasteiger partial charge in [0.1, 0.15) is 6.61 Å². The third-order valence-electron chi connectivity index (χ3n) is 4.84. The first-order valence-corrected chi connectivity index (χ1v) is 9.55. The van der Waals surface area contributed by atoms with Crippen molar-refractivity contribution in [2.24, 2.45) is 20.0 Å². The molecule has 0 aliphatic rings. The molecule has 7 heteroatoms. The fourth-order valence-electron chi connectivity index (χ4n) is 3.25. The number of fused-ring (bicyclic) bond motifs is 1. The summed E-state index contributed by atoms with van der Waals surface area (Å²) in [6.45, 7) is 6.56. The number of hydrogen-bond acceptors (Lipinski definition) is 4. The van der Waals surface area contributed by atoms with Crippen molar-refractivity contribution in [3.8, 4) is 11.5 Å². The second-order valence-corrected chi connectivity index (χ2v) is 7.52. The first-order chi connectivity index (χ1) is 13.4. The van der Waals surface area contributed by atoms with Gasteiger partial charge in [-0.3, -0.25) is 9.13 Å². The fraction of sp³-hybridized carbons (Fsp3) is 0.409. The third kappa shape index (κ3) is 5.14. The Morgan fingerprint density at radius 3 is 2.34 bits per heavy atom. The number of nitrogens with one attached hydrogen (secondary N) is 1. The Kier molecular flexibility index (Phi) is 7.76. The van der Waals surface area contributed by atoms with Crippen LogP contribution in [0.2, 0.25) is 0 Å². The molecule has 0 fully saturated rings. The van der Waals surface area contributed by atoms with Crippen LogP contribution >= 0.6 is 12.4 Å². The number of rotatable bonds is 8. The highest BCUT2D eigenvalue weighted by Crippen LogP contribution is 2.29. The van der Waals surface area contributed by atoms with E-state index in [1.54, 1.807) is 30.3 Å². The minimum absolute atomic E-state index is 0. The van der Waals surface area contributed by atoms with E-state index < -0.39 is 0 Å². The van der Waals surface area contributed by atoms with Gasteiger partial charge in [0.2, 0.25) is 0 Å². The summed E-state index contributed by atoms with van der Waals surface area (Å²) >= 11 is 0. The number of imidazole rings is 1. The van der Waals surface area contributed by atoms with E-state index in [2.05, 4.69) is 25.2 Å². The van der Waals surface area contributed by atoms with Crippen LogP contribution in [0, 0.1) is 5.92 Å². The number of benzene rings is 2. The zero-order valence-corrected chi connectivity index (χ0v) is 18.5. The summed E-state index contributed by atoms with van der Waals surface area (Å²) in [5, 5.41) is 3.43. The van der Waals surface area contributed by atoms with E-state index in [4.69, 9.17) is 9.47 Å². The van der Waals surface area contributed by atoms with Gasteiger partial charge in [-0.05, 0) is 47.9 Å². The van der Waals surface area contributed by atoms with Gasteiger partial charge in [0.15, 0.2) is 11.5 Å². The van der Waals surface area contributed by atoms with Gasteiger partial charge >= 0.3 is 5.69 Å². The Morgan fingerprint density at radius 2 is 1.66 bits per heavy atom. The average Bonchev–Trinajstić information content (AvgIpc) is 2.90. The van der Waals surface area contributed by atoms with Gasteiger partial charge in [-0.15, -0.1) is 12.4 Å². The number of ether oxygens (including phenoxy) is 2. The molecule has 3 rings (SSSR count). The molecule has 0 spiro atoms. The molecule has 0 amide bonds. The smallest absolute Gasteiger partial charge is 0.328 e. The van der Waals surface area contributed by atoms with Crippen molar-refractivity contribution in [2.75, 3.05) is 13.7 Å². The molecule has 0 aliphatic carbocycles. The van der Waals surface area contributed by atoms with Gasteiger partial charge in [-0.25, -0.2) is 4.79 Å². The van der Waals surface area contributed by atoms with Crippen LogP contribution in [-0.2, 0) is 27.2 Å². The third-order valence-corrected chi connectivity index (χ3v) is 4.84. The number of methoxy groups -OCH3 is 1. The maximum Gasteiger partial charge on any atom is 0.328 e. The summed E-state index contributed by atoms with van der Waals surface area (Å²) in [5.74, 6) is 2.04. The molecular weight excluding hydrogens is 390 g/mol. The molecule has 0 aliphatic heterocycles. The summed E-state index contributed by atoms with van der Waals surface area (Å²) < 4.78 is 14.8. The molecule has 2 aromatic carbocycles. The van der Waals surface area contributed by atoms with E-state index in [0.717, 1.165) is 41.0 Å². The number of halogens is 1.